The number of para-hydroxylation sites is 2. The number of aryl methyl sites for hydroxylation is 2. The Morgan fingerprint density at radius 1 is 0.852 bits per heavy atom. The van der Waals surface area contributed by atoms with Crippen molar-refractivity contribution in [2.45, 2.75) is 33.6 Å². The predicted octanol–water partition coefficient (Wildman–Crippen LogP) is 3.03. The molecule has 0 unspecified atom stereocenters. The van der Waals surface area contributed by atoms with E-state index in [4.69, 9.17) is 9.47 Å². The second-order valence-corrected chi connectivity index (χ2v) is 6.59. The summed E-state index contributed by atoms with van der Waals surface area (Å²) in [4.78, 5) is 23.8. The summed E-state index contributed by atoms with van der Waals surface area (Å²) in [5, 5.41) is 0. The van der Waals surface area contributed by atoms with Crippen molar-refractivity contribution >= 4 is 11.8 Å². The van der Waals surface area contributed by atoms with E-state index in [9.17, 15) is 9.59 Å². The summed E-state index contributed by atoms with van der Waals surface area (Å²) in [5.74, 6) is 0.716. The number of hydrazine groups is 1. The Bertz CT molecular complexity index is 782. The van der Waals surface area contributed by atoms with Gasteiger partial charge in [0.1, 0.15) is 11.5 Å². The Morgan fingerprint density at radius 2 is 1.41 bits per heavy atom. The van der Waals surface area contributed by atoms with Crippen LogP contribution in [0.5, 0.6) is 11.5 Å². The molecule has 0 spiro atoms. The molecule has 6 heteroatoms. The smallest absolute Gasteiger partial charge is 0.276 e. The molecule has 0 fully saturated rings. The van der Waals surface area contributed by atoms with E-state index in [0.717, 1.165) is 16.7 Å². The van der Waals surface area contributed by atoms with Crippen molar-refractivity contribution in [3.63, 3.8) is 0 Å². The van der Waals surface area contributed by atoms with Gasteiger partial charge in [-0.15, -0.1) is 0 Å². The number of amides is 2. The summed E-state index contributed by atoms with van der Waals surface area (Å²) in [7, 11) is 0. The highest BCUT2D eigenvalue weighted by Gasteiger charge is 2.11. The lowest BCUT2D eigenvalue weighted by Gasteiger charge is -2.14. The number of carbonyl (C=O) groups excluding carboxylic acids is 2. The van der Waals surface area contributed by atoms with Gasteiger partial charge in [0.15, 0.2) is 13.2 Å². The molecule has 0 saturated carbocycles. The zero-order valence-corrected chi connectivity index (χ0v) is 16.2. The third kappa shape index (κ3) is 6.02. The fraction of sp³-hybridized carbons (Fsp3) is 0.333. The maximum atomic E-state index is 11.9. The van der Waals surface area contributed by atoms with Gasteiger partial charge < -0.3 is 9.47 Å². The van der Waals surface area contributed by atoms with Crippen molar-refractivity contribution in [3.8, 4) is 11.5 Å². The topological polar surface area (TPSA) is 76.7 Å². The lowest BCUT2D eigenvalue weighted by Crippen LogP contribution is -2.45. The van der Waals surface area contributed by atoms with Crippen LogP contribution in [0.4, 0.5) is 0 Å². The molecule has 0 aliphatic heterocycles. The molecule has 0 bridgehead atoms. The fourth-order valence-corrected chi connectivity index (χ4v) is 2.61. The summed E-state index contributed by atoms with van der Waals surface area (Å²) in [6.07, 6.45) is 0. The third-order valence-electron chi connectivity index (χ3n) is 4.00. The molecule has 6 nitrogen and oxygen atoms in total. The van der Waals surface area contributed by atoms with Crippen LogP contribution < -0.4 is 20.3 Å². The highest BCUT2D eigenvalue weighted by Crippen LogP contribution is 2.25. The van der Waals surface area contributed by atoms with Crippen LogP contribution in [-0.2, 0) is 9.59 Å². The lowest BCUT2D eigenvalue weighted by atomic mass is 10.0. The molecule has 27 heavy (non-hydrogen) atoms. The van der Waals surface area contributed by atoms with Gasteiger partial charge >= 0.3 is 0 Å². The SMILES string of the molecule is Cc1cccc(C)c1OCC(=O)NNC(=O)COc1ccccc1C(C)C. The molecule has 2 aromatic rings. The maximum absolute atomic E-state index is 11.9. The first kappa shape index (κ1) is 20.3. The molecule has 0 heterocycles. The van der Waals surface area contributed by atoms with E-state index < -0.39 is 11.8 Å². The van der Waals surface area contributed by atoms with E-state index >= 15 is 0 Å². The van der Waals surface area contributed by atoms with Gasteiger partial charge in [0, 0.05) is 0 Å². The van der Waals surface area contributed by atoms with E-state index in [1.807, 2.05) is 56.3 Å². The molecule has 0 aliphatic carbocycles. The molecular formula is C21H26N2O4. The number of rotatable bonds is 7. The predicted molar refractivity (Wildman–Crippen MR) is 104 cm³/mol. The fourth-order valence-electron chi connectivity index (χ4n) is 2.61. The van der Waals surface area contributed by atoms with Gasteiger partial charge in [-0.2, -0.15) is 0 Å². The Morgan fingerprint density at radius 3 is 2.00 bits per heavy atom. The second kappa shape index (κ2) is 9.62. The highest BCUT2D eigenvalue weighted by atomic mass is 16.5. The Hall–Kier alpha value is -3.02. The first-order valence-electron chi connectivity index (χ1n) is 8.87. The van der Waals surface area contributed by atoms with Gasteiger partial charge in [-0.25, -0.2) is 0 Å². The average molecular weight is 370 g/mol. The number of benzene rings is 2. The zero-order chi connectivity index (χ0) is 19.8. The van der Waals surface area contributed by atoms with E-state index in [-0.39, 0.29) is 19.1 Å². The van der Waals surface area contributed by atoms with E-state index in [0.29, 0.717) is 11.5 Å². The van der Waals surface area contributed by atoms with Gasteiger partial charge in [-0.1, -0.05) is 50.2 Å². The monoisotopic (exact) mass is 370 g/mol. The molecule has 144 valence electrons. The zero-order valence-electron chi connectivity index (χ0n) is 16.2. The number of hydrogen-bond acceptors (Lipinski definition) is 4. The van der Waals surface area contributed by atoms with Crippen LogP contribution in [0.15, 0.2) is 42.5 Å². The van der Waals surface area contributed by atoms with Crippen LogP contribution in [0.1, 0.15) is 36.5 Å². The van der Waals surface area contributed by atoms with Crippen molar-refractivity contribution in [2.75, 3.05) is 13.2 Å². The minimum atomic E-state index is -0.450. The Kier molecular flexibility index (Phi) is 7.23. The van der Waals surface area contributed by atoms with Gasteiger partial charge in [0.2, 0.25) is 0 Å². The molecule has 0 saturated heterocycles. The molecule has 2 N–H and O–H groups in total. The lowest BCUT2D eigenvalue weighted by molar-refractivity contribution is -0.131. The van der Waals surface area contributed by atoms with E-state index in [1.165, 1.54) is 0 Å². The standard InChI is InChI=1S/C21H26N2O4/c1-14(2)17-10-5-6-11-18(17)26-12-19(24)22-23-20(25)13-27-21-15(3)8-7-9-16(21)4/h5-11,14H,12-13H2,1-4H3,(H,22,24)(H,23,25). The van der Waals surface area contributed by atoms with Crippen LogP contribution >= 0.6 is 0 Å². The molecular weight excluding hydrogens is 344 g/mol. The summed E-state index contributed by atoms with van der Waals surface area (Å²) < 4.78 is 11.1. The minimum Gasteiger partial charge on any atom is -0.483 e. The molecule has 2 aromatic carbocycles. The van der Waals surface area contributed by atoms with Crippen LogP contribution in [0, 0.1) is 13.8 Å². The number of ether oxygens (including phenoxy) is 2. The van der Waals surface area contributed by atoms with Gasteiger partial charge in [0.25, 0.3) is 11.8 Å². The Labute approximate surface area is 159 Å². The average Bonchev–Trinajstić information content (AvgIpc) is 2.64. The molecule has 2 rings (SSSR count). The number of carbonyl (C=O) groups is 2. The van der Waals surface area contributed by atoms with Crippen molar-refractivity contribution in [3.05, 3.63) is 59.2 Å². The van der Waals surface area contributed by atoms with Crippen LogP contribution in [0.3, 0.4) is 0 Å². The van der Waals surface area contributed by atoms with Crippen molar-refractivity contribution in [1.82, 2.24) is 10.9 Å². The molecule has 0 aromatic heterocycles. The number of hydrogen-bond donors (Lipinski definition) is 2. The van der Waals surface area contributed by atoms with Crippen molar-refractivity contribution in [2.24, 2.45) is 0 Å². The van der Waals surface area contributed by atoms with Gasteiger partial charge in [0.05, 0.1) is 0 Å². The van der Waals surface area contributed by atoms with Crippen molar-refractivity contribution < 1.29 is 19.1 Å². The van der Waals surface area contributed by atoms with Crippen molar-refractivity contribution in [1.29, 1.82) is 0 Å². The van der Waals surface area contributed by atoms with Gasteiger partial charge in [-0.3, -0.25) is 20.4 Å². The molecule has 2 amide bonds. The maximum Gasteiger partial charge on any atom is 0.276 e. The summed E-state index contributed by atoms with van der Waals surface area (Å²) in [6, 6.07) is 13.3. The van der Waals surface area contributed by atoms with Crippen LogP contribution in [0.2, 0.25) is 0 Å². The third-order valence-corrected chi connectivity index (χ3v) is 4.00. The largest absolute Gasteiger partial charge is 0.483 e. The molecule has 0 radical (unpaired) electrons. The molecule has 0 aliphatic rings. The van der Waals surface area contributed by atoms with Crippen LogP contribution in [-0.4, -0.2) is 25.0 Å². The van der Waals surface area contributed by atoms with Crippen LogP contribution in [0.25, 0.3) is 0 Å². The van der Waals surface area contributed by atoms with Gasteiger partial charge in [-0.05, 0) is 42.5 Å². The normalized spacial score (nSPS) is 10.4. The highest BCUT2D eigenvalue weighted by molar-refractivity contribution is 5.83. The quantitative estimate of drug-likeness (QED) is 0.735. The second-order valence-electron chi connectivity index (χ2n) is 6.59. The van der Waals surface area contributed by atoms with E-state index in [2.05, 4.69) is 24.7 Å². The Balaban J connectivity index is 1.76. The summed E-state index contributed by atoms with van der Waals surface area (Å²) >= 11 is 0. The summed E-state index contributed by atoms with van der Waals surface area (Å²) in [6.45, 7) is 7.55. The first-order chi connectivity index (χ1) is 12.9. The molecule has 0 atom stereocenters. The number of nitrogens with one attached hydrogen (secondary N) is 2. The minimum absolute atomic E-state index is 0.191. The summed E-state index contributed by atoms with van der Waals surface area (Å²) in [5.41, 5.74) is 7.57. The first-order valence-corrected chi connectivity index (χ1v) is 8.87. The van der Waals surface area contributed by atoms with E-state index in [1.54, 1.807) is 0 Å².